The first-order valence-electron chi connectivity index (χ1n) is 5.04. The van der Waals surface area contributed by atoms with Crippen LogP contribution in [0.1, 0.15) is 0 Å². The molecule has 18 heavy (non-hydrogen) atoms. The van der Waals surface area contributed by atoms with Crippen molar-refractivity contribution in [2.24, 2.45) is 0 Å². The average Bonchev–Trinajstić information content (AvgIpc) is 2.37. The maximum atomic E-state index is 12.9. The number of terminal acetylenes is 1. The molecule has 0 radical (unpaired) electrons. The Morgan fingerprint density at radius 1 is 1.33 bits per heavy atom. The summed E-state index contributed by atoms with van der Waals surface area (Å²) in [6.07, 6.45) is 7.98. The summed E-state index contributed by atoms with van der Waals surface area (Å²) < 4.78 is 18.0. The molecule has 2 aromatic rings. The van der Waals surface area contributed by atoms with Crippen molar-refractivity contribution >= 4 is 11.6 Å². The highest BCUT2D eigenvalue weighted by Crippen LogP contribution is 2.26. The summed E-state index contributed by atoms with van der Waals surface area (Å²) in [5.74, 6) is 2.26. The van der Waals surface area contributed by atoms with Gasteiger partial charge in [0.2, 0.25) is 5.88 Å². The number of rotatable bonds is 3. The van der Waals surface area contributed by atoms with Crippen LogP contribution in [0.25, 0.3) is 11.3 Å². The normalized spacial score (nSPS) is 9.83. The van der Waals surface area contributed by atoms with E-state index < -0.39 is 5.82 Å². The maximum Gasteiger partial charge on any atom is 0.233 e. The van der Waals surface area contributed by atoms with E-state index in [9.17, 15) is 4.39 Å². The molecule has 0 aliphatic rings. The zero-order valence-corrected chi connectivity index (χ0v) is 9.99. The number of nitrogens with zero attached hydrogens (tertiary/aromatic N) is 2. The van der Waals surface area contributed by atoms with Gasteiger partial charge in [-0.2, -0.15) is 0 Å². The zero-order chi connectivity index (χ0) is 13.0. The molecule has 0 aliphatic carbocycles. The van der Waals surface area contributed by atoms with Crippen LogP contribution in [0, 0.1) is 18.2 Å². The smallest absolute Gasteiger partial charge is 0.233 e. The lowest BCUT2D eigenvalue weighted by molar-refractivity contribution is 0.354. The Morgan fingerprint density at radius 3 is 2.78 bits per heavy atom. The summed E-state index contributed by atoms with van der Waals surface area (Å²) in [7, 11) is 0. The van der Waals surface area contributed by atoms with Crippen molar-refractivity contribution in [3.05, 3.63) is 41.4 Å². The Bertz CT molecular complexity index is 593. The van der Waals surface area contributed by atoms with Crippen molar-refractivity contribution in [3.8, 4) is 29.5 Å². The van der Waals surface area contributed by atoms with E-state index in [1.54, 1.807) is 6.07 Å². The van der Waals surface area contributed by atoms with Crippen LogP contribution in [-0.4, -0.2) is 16.6 Å². The van der Waals surface area contributed by atoms with Crippen molar-refractivity contribution < 1.29 is 9.13 Å². The Balaban J connectivity index is 2.26. The quantitative estimate of drug-likeness (QED) is 0.798. The van der Waals surface area contributed by atoms with Crippen LogP contribution >= 0.6 is 11.6 Å². The summed E-state index contributed by atoms with van der Waals surface area (Å²) in [5, 5.41) is 0.279. The van der Waals surface area contributed by atoms with Gasteiger partial charge >= 0.3 is 0 Å². The predicted octanol–water partition coefficient (Wildman–Crippen LogP) is 2.95. The fourth-order valence-corrected chi connectivity index (χ4v) is 1.61. The first kappa shape index (κ1) is 12.3. The second-order valence-corrected chi connectivity index (χ2v) is 3.76. The SMILES string of the molecule is C#CCOc1cnc(-c2ccc(F)cc2Cl)cn1. The van der Waals surface area contributed by atoms with E-state index in [0.29, 0.717) is 17.1 Å². The summed E-state index contributed by atoms with van der Waals surface area (Å²) in [5.41, 5.74) is 1.14. The van der Waals surface area contributed by atoms with Gasteiger partial charge in [-0.15, -0.1) is 6.42 Å². The average molecular weight is 263 g/mol. The van der Waals surface area contributed by atoms with Gasteiger partial charge in [-0.25, -0.2) is 14.4 Å². The third-order valence-corrected chi connectivity index (χ3v) is 2.45. The minimum atomic E-state index is -0.398. The Morgan fingerprint density at radius 2 is 2.17 bits per heavy atom. The Labute approximate surface area is 109 Å². The molecule has 0 saturated carbocycles. The second kappa shape index (κ2) is 5.48. The molecule has 1 aromatic carbocycles. The molecular weight excluding hydrogens is 255 g/mol. The number of aromatic nitrogens is 2. The van der Waals surface area contributed by atoms with Crippen LogP contribution in [0.3, 0.4) is 0 Å². The van der Waals surface area contributed by atoms with Crippen LogP contribution < -0.4 is 4.74 Å². The van der Waals surface area contributed by atoms with Crippen molar-refractivity contribution in [2.45, 2.75) is 0 Å². The van der Waals surface area contributed by atoms with Gasteiger partial charge in [0.05, 0.1) is 23.1 Å². The molecule has 0 aliphatic heterocycles. The molecule has 3 nitrogen and oxygen atoms in total. The number of hydrogen-bond acceptors (Lipinski definition) is 3. The number of halogens is 2. The van der Waals surface area contributed by atoms with Crippen LogP contribution in [0.2, 0.25) is 5.02 Å². The van der Waals surface area contributed by atoms with Crippen LogP contribution in [0.15, 0.2) is 30.6 Å². The van der Waals surface area contributed by atoms with E-state index in [2.05, 4.69) is 15.9 Å². The number of ether oxygens (including phenoxy) is 1. The van der Waals surface area contributed by atoms with Gasteiger partial charge in [-0.05, 0) is 18.2 Å². The topological polar surface area (TPSA) is 35.0 Å². The van der Waals surface area contributed by atoms with Gasteiger partial charge in [0.25, 0.3) is 0 Å². The lowest BCUT2D eigenvalue weighted by Crippen LogP contribution is -1.97. The van der Waals surface area contributed by atoms with E-state index in [4.69, 9.17) is 22.8 Å². The summed E-state index contributed by atoms with van der Waals surface area (Å²) in [4.78, 5) is 8.15. The molecule has 2 rings (SSSR count). The van der Waals surface area contributed by atoms with Crippen molar-refractivity contribution in [1.82, 2.24) is 9.97 Å². The van der Waals surface area contributed by atoms with E-state index in [1.807, 2.05) is 0 Å². The van der Waals surface area contributed by atoms with Crippen molar-refractivity contribution in [3.63, 3.8) is 0 Å². The lowest BCUT2D eigenvalue weighted by atomic mass is 10.1. The zero-order valence-electron chi connectivity index (χ0n) is 9.23. The van der Waals surface area contributed by atoms with Crippen molar-refractivity contribution in [2.75, 3.05) is 6.61 Å². The third-order valence-electron chi connectivity index (χ3n) is 2.14. The van der Waals surface area contributed by atoms with E-state index in [1.165, 1.54) is 24.5 Å². The lowest BCUT2D eigenvalue weighted by Gasteiger charge is -2.04. The molecule has 5 heteroatoms. The third kappa shape index (κ3) is 2.76. The summed E-state index contributed by atoms with van der Waals surface area (Å²) in [6, 6.07) is 4.08. The van der Waals surface area contributed by atoms with E-state index >= 15 is 0 Å². The molecule has 1 heterocycles. The van der Waals surface area contributed by atoms with E-state index in [-0.39, 0.29) is 11.6 Å². The van der Waals surface area contributed by atoms with Gasteiger partial charge in [-0.3, -0.25) is 0 Å². The highest BCUT2D eigenvalue weighted by Gasteiger charge is 2.07. The molecule has 0 bridgehead atoms. The molecule has 0 spiro atoms. The number of benzene rings is 1. The maximum absolute atomic E-state index is 12.9. The van der Waals surface area contributed by atoms with Crippen LogP contribution in [0.5, 0.6) is 5.88 Å². The van der Waals surface area contributed by atoms with Crippen LogP contribution in [0.4, 0.5) is 4.39 Å². The fourth-order valence-electron chi connectivity index (χ4n) is 1.34. The van der Waals surface area contributed by atoms with Gasteiger partial charge in [0, 0.05) is 5.56 Å². The van der Waals surface area contributed by atoms with Gasteiger partial charge in [0.1, 0.15) is 5.82 Å². The molecule has 0 fully saturated rings. The first-order chi connectivity index (χ1) is 8.70. The van der Waals surface area contributed by atoms with Gasteiger partial charge in [0.15, 0.2) is 6.61 Å². The standard InChI is InChI=1S/C13H8ClFN2O/c1-2-5-18-13-8-16-12(7-17-13)10-4-3-9(15)6-11(10)14/h1,3-4,6-8H,5H2. The Kier molecular flexibility index (Phi) is 3.75. The van der Waals surface area contributed by atoms with Crippen molar-refractivity contribution in [1.29, 1.82) is 0 Å². The second-order valence-electron chi connectivity index (χ2n) is 3.36. The monoisotopic (exact) mass is 262 g/mol. The van der Waals surface area contributed by atoms with E-state index in [0.717, 1.165) is 0 Å². The summed E-state index contributed by atoms with van der Waals surface area (Å²) >= 11 is 5.92. The largest absolute Gasteiger partial charge is 0.463 e. The molecule has 0 unspecified atom stereocenters. The van der Waals surface area contributed by atoms with Crippen LogP contribution in [-0.2, 0) is 0 Å². The predicted molar refractivity (Wildman–Crippen MR) is 66.8 cm³/mol. The molecule has 90 valence electrons. The molecule has 0 atom stereocenters. The number of hydrogen-bond donors (Lipinski definition) is 0. The fraction of sp³-hybridized carbons (Fsp3) is 0.0769. The summed E-state index contributed by atoms with van der Waals surface area (Å²) in [6.45, 7) is 0.130. The molecule has 0 N–H and O–H groups in total. The Hall–Kier alpha value is -2.12. The minimum absolute atomic E-state index is 0.130. The molecular formula is C13H8ClFN2O. The minimum Gasteiger partial charge on any atom is -0.463 e. The molecule has 0 amide bonds. The van der Waals surface area contributed by atoms with Gasteiger partial charge < -0.3 is 4.74 Å². The highest BCUT2D eigenvalue weighted by molar-refractivity contribution is 6.33. The molecule has 0 saturated heterocycles. The molecule has 1 aromatic heterocycles. The highest BCUT2D eigenvalue weighted by atomic mass is 35.5. The van der Waals surface area contributed by atoms with Gasteiger partial charge in [-0.1, -0.05) is 17.5 Å². The first-order valence-corrected chi connectivity index (χ1v) is 5.42.